The molecule has 0 aromatic carbocycles. The van der Waals surface area contributed by atoms with Crippen molar-refractivity contribution >= 4 is 23.2 Å². The van der Waals surface area contributed by atoms with Crippen LogP contribution in [0.25, 0.3) is 0 Å². The van der Waals surface area contributed by atoms with E-state index in [1.165, 1.54) is 12.1 Å². The first-order valence-electron chi connectivity index (χ1n) is 5.10. The largest absolute Gasteiger partial charge is 0.481 e. The number of hydrogen-bond donors (Lipinski definition) is 2. The van der Waals surface area contributed by atoms with Crippen LogP contribution in [0.2, 0.25) is 0 Å². The third-order valence-corrected chi connectivity index (χ3v) is 2.02. The normalized spacial score (nSPS) is 11.1. The molecule has 8 heteroatoms. The van der Waals surface area contributed by atoms with Gasteiger partial charge in [0.05, 0.1) is 11.3 Å². The number of hydrogen-bond acceptors (Lipinski definition) is 6. The fourth-order valence-electron chi connectivity index (χ4n) is 1.06. The number of aliphatic carboxylic acids is 1. The molecule has 0 amide bonds. The fourth-order valence-corrected chi connectivity index (χ4v) is 1.06. The van der Waals surface area contributed by atoms with Crippen LogP contribution in [-0.4, -0.2) is 26.7 Å². The fraction of sp³-hybridized carbons (Fsp3) is 0.300. The van der Waals surface area contributed by atoms with Gasteiger partial charge in [-0.05, 0) is 19.4 Å². The number of nitrogens with zero attached hydrogens (tertiary/aromatic N) is 3. The van der Waals surface area contributed by atoms with Crippen molar-refractivity contribution in [1.82, 2.24) is 4.98 Å². The van der Waals surface area contributed by atoms with Crippen molar-refractivity contribution in [2.24, 2.45) is 5.10 Å². The van der Waals surface area contributed by atoms with Gasteiger partial charge in [-0.1, -0.05) is 0 Å². The van der Waals surface area contributed by atoms with Crippen molar-refractivity contribution in [2.45, 2.75) is 19.8 Å². The monoisotopic (exact) mass is 252 g/mol. The number of pyridine rings is 1. The predicted octanol–water partition coefficient (Wildman–Crippen LogP) is 1.64. The van der Waals surface area contributed by atoms with Gasteiger partial charge in [-0.3, -0.25) is 20.3 Å². The molecule has 0 saturated heterocycles. The van der Waals surface area contributed by atoms with Crippen LogP contribution >= 0.6 is 0 Å². The van der Waals surface area contributed by atoms with Gasteiger partial charge in [-0.2, -0.15) is 5.10 Å². The van der Waals surface area contributed by atoms with Crippen molar-refractivity contribution in [2.75, 3.05) is 5.43 Å². The Balaban J connectivity index is 2.54. The maximum atomic E-state index is 10.4. The van der Waals surface area contributed by atoms with Crippen LogP contribution in [0.4, 0.5) is 11.5 Å². The predicted molar refractivity (Wildman–Crippen MR) is 64.5 cm³/mol. The van der Waals surface area contributed by atoms with Crippen LogP contribution in [0.15, 0.2) is 23.4 Å². The number of rotatable bonds is 6. The minimum absolute atomic E-state index is 0.00467. The molecule has 0 fully saturated rings. The van der Waals surface area contributed by atoms with Gasteiger partial charge in [0, 0.05) is 11.8 Å². The number of carbonyl (C=O) groups is 1. The van der Waals surface area contributed by atoms with Crippen molar-refractivity contribution in [1.29, 1.82) is 0 Å². The summed E-state index contributed by atoms with van der Waals surface area (Å²) < 4.78 is 0. The highest BCUT2D eigenvalue weighted by Crippen LogP contribution is 2.11. The molecule has 0 bridgehead atoms. The highest BCUT2D eigenvalue weighted by molar-refractivity contribution is 5.85. The molecule has 2 N–H and O–H groups in total. The van der Waals surface area contributed by atoms with Gasteiger partial charge in [-0.15, -0.1) is 0 Å². The zero-order chi connectivity index (χ0) is 13.5. The van der Waals surface area contributed by atoms with Crippen LogP contribution in [0.5, 0.6) is 0 Å². The van der Waals surface area contributed by atoms with E-state index in [0.717, 1.165) is 6.20 Å². The molecule has 0 spiro atoms. The van der Waals surface area contributed by atoms with Crippen LogP contribution in [0.3, 0.4) is 0 Å². The van der Waals surface area contributed by atoms with E-state index in [1.807, 2.05) is 0 Å². The van der Waals surface area contributed by atoms with E-state index in [4.69, 9.17) is 5.11 Å². The van der Waals surface area contributed by atoms with Crippen molar-refractivity contribution in [3.05, 3.63) is 28.4 Å². The van der Waals surface area contributed by atoms with E-state index in [9.17, 15) is 14.9 Å². The van der Waals surface area contributed by atoms with Crippen LogP contribution in [0, 0.1) is 10.1 Å². The van der Waals surface area contributed by atoms with Gasteiger partial charge in [0.2, 0.25) is 0 Å². The summed E-state index contributed by atoms with van der Waals surface area (Å²) in [6, 6.07) is 2.73. The number of anilines is 1. The second kappa shape index (κ2) is 6.28. The zero-order valence-electron chi connectivity index (χ0n) is 9.66. The number of hydrazone groups is 1. The number of carboxylic acids is 1. The van der Waals surface area contributed by atoms with E-state index in [2.05, 4.69) is 15.5 Å². The molecule has 0 atom stereocenters. The molecule has 1 heterocycles. The second-order valence-electron chi connectivity index (χ2n) is 3.51. The molecular weight excluding hydrogens is 240 g/mol. The van der Waals surface area contributed by atoms with E-state index < -0.39 is 10.9 Å². The smallest absolute Gasteiger partial charge is 0.303 e. The number of carboxylic acid groups (broad SMARTS) is 1. The molecule has 1 aromatic heterocycles. The molecule has 8 nitrogen and oxygen atoms in total. The van der Waals surface area contributed by atoms with Crippen LogP contribution in [0.1, 0.15) is 19.8 Å². The molecule has 1 aromatic rings. The van der Waals surface area contributed by atoms with E-state index in [1.54, 1.807) is 6.92 Å². The minimum atomic E-state index is -0.891. The third kappa shape index (κ3) is 4.56. The lowest BCUT2D eigenvalue weighted by atomic mass is 10.2. The maximum Gasteiger partial charge on any atom is 0.303 e. The number of nitrogens with one attached hydrogen (secondary N) is 1. The topological polar surface area (TPSA) is 118 Å². The summed E-state index contributed by atoms with van der Waals surface area (Å²) in [6.07, 6.45) is 1.45. The summed E-state index contributed by atoms with van der Waals surface area (Å²) in [5.41, 5.74) is 3.10. The van der Waals surface area contributed by atoms with Crippen molar-refractivity contribution in [3.8, 4) is 0 Å². The average molecular weight is 252 g/mol. The summed E-state index contributed by atoms with van der Waals surface area (Å²) >= 11 is 0. The summed E-state index contributed by atoms with van der Waals surface area (Å²) in [4.78, 5) is 24.0. The summed E-state index contributed by atoms with van der Waals surface area (Å²) in [5, 5.41) is 22.8. The third-order valence-electron chi connectivity index (χ3n) is 2.02. The Hall–Kier alpha value is -2.51. The SMILES string of the molecule is C/C(CCC(=O)O)=N\Nc1ccc([N+](=O)[O-])cn1. The van der Waals surface area contributed by atoms with E-state index in [0.29, 0.717) is 18.0 Å². The molecule has 0 aliphatic rings. The van der Waals surface area contributed by atoms with E-state index in [-0.39, 0.29) is 12.1 Å². The molecule has 0 unspecified atom stereocenters. The lowest BCUT2D eigenvalue weighted by Crippen LogP contribution is -2.03. The minimum Gasteiger partial charge on any atom is -0.481 e. The van der Waals surface area contributed by atoms with Gasteiger partial charge >= 0.3 is 5.97 Å². The number of nitro groups is 1. The standard InChI is InChI=1S/C10H12N4O4/c1-7(2-5-10(15)16)12-13-9-4-3-8(6-11-9)14(17)18/h3-4,6H,2,5H2,1H3,(H,11,13)(H,15,16)/b12-7+. The van der Waals surface area contributed by atoms with Gasteiger partial charge < -0.3 is 5.11 Å². The first kappa shape index (κ1) is 13.6. The van der Waals surface area contributed by atoms with E-state index >= 15 is 0 Å². The Morgan fingerprint density at radius 1 is 1.56 bits per heavy atom. The van der Waals surface area contributed by atoms with Crippen molar-refractivity contribution in [3.63, 3.8) is 0 Å². The zero-order valence-corrected chi connectivity index (χ0v) is 9.66. The Bertz CT molecular complexity index is 469. The Kier molecular flexibility index (Phi) is 4.73. The summed E-state index contributed by atoms with van der Waals surface area (Å²) in [7, 11) is 0. The molecule has 1 rings (SSSR count). The molecule has 18 heavy (non-hydrogen) atoms. The summed E-state index contributed by atoms with van der Waals surface area (Å²) in [5.74, 6) is -0.534. The lowest BCUT2D eigenvalue weighted by Gasteiger charge is -2.01. The van der Waals surface area contributed by atoms with Gasteiger partial charge in [0.25, 0.3) is 5.69 Å². The lowest BCUT2D eigenvalue weighted by molar-refractivity contribution is -0.385. The Morgan fingerprint density at radius 3 is 2.78 bits per heavy atom. The average Bonchev–Trinajstić information content (AvgIpc) is 2.34. The second-order valence-corrected chi connectivity index (χ2v) is 3.51. The van der Waals surface area contributed by atoms with Gasteiger partial charge in [0.1, 0.15) is 12.0 Å². The molecule has 0 aliphatic heterocycles. The highest BCUT2D eigenvalue weighted by Gasteiger charge is 2.04. The summed E-state index contributed by atoms with van der Waals surface area (Å²) in [6.45, 7) is 1.68. The molecule has 96 valence electrons. The molecule has 0 aliphatic carbocycles. The molecule has 0 saturated carbocycles. The quantitative estimate of drug-likeness (QED) is 0.451. The maximum absolute atomic E-state index is 10.4. The molecular formula is C10H12N4O4. The molecule has 0 radical (unpaired) electrons. The van der Waals surface area contributed by atoms with Crippen LogP contribution < -0.4 is 5.43 Å². The van der Waals surface area contributed by atoms with Gasteiger partial charge in [-0.25, -0.2) is 4.98 Å². The first-order valence-corrected chi connectivity index (χ1v) is 5.10. The number of aromatic nitrogens is 1. The Labute approximate surface area is 102 Å². The Morgan fingerprint density at radius 2 is 2.28 bits per heavy atom. The van der Waals surface area contributed by atoms with Gasteiger partial charge in [0.15, 0.2) is 0 Å². The first-order chi connectivity index (χ1) is 8.49. The highest BCUT2D eigenvalue weighted by atomic mass is 16.6. The van der Waals surface area contributed by atoms with Crippen molar-refractivity contribution < 1.29 is 14.8 Å². The van der Waals surface area contributed by atoms with Crippen LogP contribution in [-0.2, 0) is 4.79 Å².